The lowest BCUT2D eigenvalue weighted by Crippen LogP contribution is -2.47. The first kappa shape index (κ1) is 21.2. The SMILES string of the molecule is COCC1(CNS(=O)(=O)c2ccc(OC)cc2C)CCNCC1.Cl. The van der Waals surface area contributed by atoms with Gasteiger partial charge < -0.3 is 14.8 Å². The Labute approximate surface area is 150 Å². The summed E-state index contributed by atoms with van der Waals surface area (Å²) >= 11 is 0. The van der Waals surface area contributed by atoms with E-state index < -0.39 is 10.0 Å². The maximum atomic E-state index is 12.6. The summed E-state index contributed by atoms with van der Waals surface area (Å²) in [6.45, 7) is 4.47. The number of nitrogens with one attached hydrogen (secondary N) is 2. The maximum absolute atomic E-state index is 12.6. The van der Waals surface area contributed by atoms with Crippen molar-refractivity contribution >= 4 is 22.4 Å². The Hall–Kier alpha value is -0.860. The fourth-order valence-corrected chi connectivity index (χ4v) is 4.39. The van der Waals surface area contributed by atoms with Crippen LogP contribution in [0.1, 0.15) is 18.4 Å². The highest BCUT2D eigenvalue weighted by atomic mass is 35.5. The van der Waals surface area contributed by atoms with Crippen molar-refractivity contribution in [3.8, 4) is 5.75 Å². The molecule has 0 unspecified atom stereocenters. The molecule has 0 amide bonds. The van der Waals surface area contributed by atoms with Crippen molar-refractivity contribution in [2.45, 2.75) is 24.7 Å². The first-order valence-corrected chi connectivity index (χ1v) is 9.25. The predicted molar refractivity (Wildman–Crippen MR) is 96.6 cm³/mol. The zero-order chi connectivity index (χ0) is 16.9. The van der Waals surface area contributed by atoms with Crippen molar-refractivity contribution in [1.29, 1.82) is 0 Å². The van der Waals surface area contributed by atoms with Gasteiger partial charge in [0.2, 0.25) is 10.0 Å². The van der Waals surface area contributed by atoms with Gasteiger partial charge in [-0.1, -0.05) is 0 Å². The summed E-state index contributed by atoms with van der Waals surface area (Å²) in [5.41, 5.74) is 0.524. The minimum absolute atomic E-state index is 0. The Kier molecular flexibility index (Phi) is 7.95. The van der Waals surface area contributed by atoms with Crippen molar-refractivity contribution in [3.05, 3.63) is 23.8 Å². The molecule has 1 aliphatic rings. The van der Waals surface area contributed by atoms with Crippen molar-refractivity contribution in [2.24, 2.45) is 5.41 Å². The average molecular weight is 379 g/mol. The van der Waals surface area contributed by atoms with Crippen LogP contribution in [0.4, 0.5) is 0 Å². The lowest BCUT2D eigenvalue weighted by molar-refractivity contribution is 0.0577. The molecule has 0 bridgehead atoms. The number of hydrogen-bond acceptors (Lipinski definition) is 5. The Morgan fingerprint density at radius 2 is 1.92 bits per heavy atom. The Morgan fingerprint density at radius 3 is 2.46 bits per heavy atom. The normalized spacial score (nSPS) is 17.1. The molecular weight excluding hydrogens is 352 g/mol. The molecule has 1 heterocycles. The number of halogens is 1. The highest BCUT2D eigenvalue weighted by molar-refractivity contribution is 7.89. The van der Waals surface area contributed by atoms with E-state index in [4.69, 9.17) is 9.47 Å². The minimum atomic E-state index is -3.55. The van der Waals surface area contributed by atoms with E-state index in [2.05, 4.69) is 10.0 Å². The molecular formula is C16H27ClN2O4S. The Balaban J connectivity index is 0.00000288. The monoisotopic (exact) mass is 378 g/mol. The number of hydrogen-bond donors (Lipinski definition) is 2. The molecule has 8 heteroatoms. The largest absolute Gasteiger partial charge is 0.497 e. The third kappa shape index (κ3) is 5.07. The molecule has 1 aliphatic heterocycles. The summed E-state index contributed by atoms with van der Waals surface area (Å²) in [6.07, 6.45) is 1.79. The van der Waals surface area contributed by atoms with Crippen molar-refractivity contribution < 1.29 is 17.9 Å². The van der Waals surface area contributed by atoms with Gasteiger partial charge in [0.05, 0.1) is 18.6 Å². The van der Waals surface area contributed by atoms with Gasteiger partial charge in [-0.2, -0.15) is 0 Å². The molecule has 6 nitrogen and oxygen atoms in total. The van der Waals surface area contributed by atoms with Gasteiger partial charge in [-0.3, -0.25) is 0 Å². The predicted octanol–water partition coefficient (Wildman–Crippen LogP) is 1.72. The number of methoxy groups -OCH3 is 2. The lowest BCUT2D eigenvalue weighted by Gasteiger charge is -2.37. The molecule has 2 N–H and O–H groups in total. The van der Waals surface area contributed by atoms with Gasteiger partial charge in [-0.25, -0.2) is 13.1 Å². The molecule has 1 aromatic carbocycles. The van der Waals surface area contributed by atoms with E-state index in [-0.39, 0.29) is 17.8 Å². The van der Waals surface area contributed by atoms with Gasteiger partial charge in [0.1, 0.15) is 5.75 Å². The molecule has 0 atom stereocenters. The molecule has 0 spiro atoms. The highest BCUT2D eigenvalue weighted by Crippen LogP contribution is 2.29. The van der Waals surface area contributed by atoms with Gasteiger partial charge in [0.15, 0.2) is 0 Å². The van der Waals surface area contributed by atoms with Crippen molar-refractivity contribution in [1.82, 2.24) is 10.0 Å². The molecule has 1 aromatic rings. The second-order valence-corrected chi connectivity index (χ2v) is 7.87. The van der Waals surface area contributed by atoms with Crippen molar-refractivity contribution in [2.75, 3.05) is 40.5 Å². The van der Waals surface area contributed by atoms with Crippen LogP contribution in [0.15, 0.2) is 23.1 Å². The fraction of sp³-hybridized carbons (Fsp3) is 0.625. The Bertz CT molecular complexity index is 625. The quantitative estimate of drug-likeness (QED) is 0.755. The summed E-state index contributed by atoms with van der Waals surface area (Å²) in [4.78, 5) is 0.291. The zero-order valence-corrected chi connectivity index (χ0v) is 16.1. The summed E-state index contributed by atoms with van der Waals surface area (Å²) in [5.74, 6) is 0.649. The number of ether oxygens (including phenoxy) is 2. The number of sulfonamides is 1. The molecule has 0 radical (unpaired) electrons. The number of piperidine rings is 1. The molecule has 1 saturated heterocycles. The topological polar surface area (TPSA) is 76.7 Å². The lowest BCUT2D eigenvalue weighted by atomic mass is 9.80. The summed E-state index contributed by atoms with van der Waals surface area (Å²) < 4.78 is 38.5. The third-order valence-electron chi connectivity index (χ3n) is 4.42. The zero-order valence-electron chi connectivity index (χ0n) is 14.4. The van der Waals surface area contributed by atoms with Gasteiger partial charge in [0, 0.05) is 19.1 Å². The molecule has 0 aliphatic carbocycles. The highest BCUT2D eigenvalue weighted by Gasteiger charge is 2.33. The van der Waals surface area contributed by atoms with Crippen LogP contribution in [0.25, 0.3) is 0 Å². The molecule has 0 aromatic heterocycles. The smallest absolute Gasteiger partial charge is 0.240 e. The van der Waals surface area contributed by atoms with Gasteiger partial charge in [-0.05, 0) is 56.6 Å². The van der Waals surface area contributed by atoms with Crippen molar-refractivity contribution in [3.63, 3.8) is 0 Å². The van der Waals surface area contributed by atoms with Crippen LogP contribution >= 0.6 is 12.4 Å². The van der Waals surface area contributed by atoms with Crippen LogP contribution < -0.4 is 14.8 Å². The second kappa shape index (κ2) is 9.01. The molecule has 2 rings (SSSR count). The summed E-state index contributed by atoms with van der Waals surface area (Å²) in [7, 11) is -0.332. The van der Waals surface area contributed by atoms with E-state index in [1.807, 2.05) is 0 Å². The first-order valence-electron chi connectivity index (χ1n) is 7.76. The minimum Gasteiger partial charge on any atom is -0.497 e. The van der Waals surface area contributed by atoms with E-state index in [0.29, 0.717) is 29.4 Å². The van der Waals surface area contributed by atoms with Crippen LogP contribution in [0, 0.1) is 12.3 Å². The Morgan fingerprint density at radius 1 is 1.25 bits per heavy atom. The second-order valence-electron chi connectivity index (χ2n) is 6.14. The van der Waals surface area contributed by atoms with Gasteiger partial charge in [-0.15, -0.1) is 12.4 Å². The van der Waals surface area contributed by atoms with Crippen LogP contribution in [0.5, 0.6) is 5.75 Å². The van der Waals surface area contributed by atoms with Crippen LogP contribution in [-0.4, -0.2) is 48.9 Å². The van der Waals surface area contributed by atoms with Gasteiger partial charge >= 0.3 is 0 Å². The molecule has 138 valence electrons. The van der Waals surface area contributed by atoms with Crippen LogP contribution in [-0.2, 0) is 14.8 Å². The average Bonchev–Trinajstić information content (AvgIpc) is 2.54. The fourth-order valence-electron chi connectivity index (χ4n) is 3.01. The number of benzene rings is 1. The van der Waals surface area contributed by atoms with E-state index in [1.54, 1.807) is 39.3 Å². The van der Waals surface area contributed by atoms with Gasteiger partial charge in [0.25, 0.3) is 0 Å². The third-order valence-corrected chi connectivity index (χ3v) is 5.99. The number of rotatable bonds is 7. The van der Waals surface area contributed by atoms with E-state index in [0.717, 1.165) is 25.9 Å². The molecule has 0 saturated carbocycles. The maximum Gasteiger partial charge on any atom is 0.240 e. The van der Waals surface area contributed by atoms with E-state index in [1.165, 1.54) is 0 Å². The van der Waals surface area contributed by atoms with Crippen LogP contribution in [0.3, 0.4) is 0 Å². The first-order chi connectivity index (χ1) is 10.9. The van der Waals surface area contributed by atoms with E-state index in [9.17, 15) is 8.42 Å². The number of aryl methyl sites for hydroxylation is 1. The van der Waals surface area contributed by atoms with Crippen LogP contribution in [0.2, 0.25) is 0 Å². The molecule has 1 fully saturated rings. The summed E-state index contributed by atoms with van der Waals surface area (Å²) in [6, 6.07) is 4.98. The standard InChI is InChI=1S/C16H26N2O4S.ClH/c1-13-10-14(22-3)4-5-15(13)23(19,20)18-11-16(12-21-2)6-8-17-9-7-16;/h4-5,10,17-18H,6-9,11-12H2,1-3H3;1H. The molecule has 24 heavy (non-hydrogen) atoms. The summed E-state index contributed by atoms with van der Waals surface area (Å²) in [5, 5.41) is 3.30. The van der Waals surface area contributed by atoms with E-state index >= 15 is 0 Å².